The first-order chi connectivity index (χ1) is 11.3. The lowest BCUT2D eigenvalue weighted by Gasteiger charge is -2.23. The van der Waals surface area contributed by atoms with Gasteiger partial charge in [-0.2, -0.15) is 0 Å². The topological polar surface area (TPSA) is 42.7 Å². The summed E-state index contributed by atoms with van der Waals surface area (Å²) in [5, 5.41) is 0. The van der Waals surface area contributed by atoms with Crippen LogP contribution in [0, 0.1) is 0 Å². The van der Waals surface area contributed by atoms with Gasteiger partial charge in [0.05, 0.1) is 19.4 Å². The normalized spacial score (nSPS) is 13.6. The summed E-state index contributed by atoms with van der Waals surface area (Å²) in [4.78, 5) is 14.7. The summed E-state index contributed by atoms with van der Waals surface area (Å²) in [5.74, 6) is 0.819. The fourth-order valence-electron chi connectivity index (χ4n) is 3.09. The maximum Gasteiger partial charge on any atom is 0.254 e. The van der Waals surface area contributed by atoms with Crippen LogP contribution in [0.2, 0.25) is 0 Å². The minimum Gasteiger partial charge on any atom is -0.467 e. The number of furan rings is 1. The fourth-order valence-corrected chi connectivity index (χ4v) is 3.09. The molecule has 0 fully saturated rings. The van der Waals surface area contributed by atoms with Crippen LogP contribution in [0.5, 0.6) is 0 Å². The fraction of sp³-hybridized carbons (Fsp3) is 0.421. The molecule has 1 aliphatic rings. The van der Waals surface area contributed by atoms with Crippen molar-refractivity contribution in [1.29, 1.82) is 0 Å². The number of aryl methyl sites for hydroxylation is 2. The number of carbonyl (C=O) groups excluding carboxylic acids is 1. The van der Waals surface area contributed by atoms with Crippen molar-refractivity contribution in [3.63, 3.8) is 0 Å². The van der Waals surface area contributed by atoms with Crippen LogP contribution < -0.4 is 0 Å². The van der Waals surface area contributed by atoms with Gasteiger partial charge in [-0.3, -0.25) is 4.79 Å². The van der Waals surface area contributed by atoms with E-state index in [0.717, 1.165) is 24.2 Å². The molecule has 1 aliphatic carbocycles. The van der Waals surface area contributed by atoms with E-state index < -0.39 is 0 Å². The van der Waals surface area contributed by atoms with Gasteiger partial charge >= 0.3 is 0 Å². The summed E-state index contributed by atoms with van der Waals surface area (Å²) >= 11 is 0. The zero-order valence-corrected chi connectivity index (χ0v) is 13.6. The van der Waals surface area contributed by atoms with Crippen LogP contribution in [0.15, 0.2) is 41.0 Å². The highest BCUT2D eigenvalue weighted by Crippen LogP contribution is 2.23. The molecule has 122 valence electrons. The molecular weight excluding hydrogens is 290 g/mol. The minimum absolute atomic E-state index is 0.0341. The molecular formula is C19H23NO3. The second kappa shape index (κ2) is 7.47. The smallest absolute Gasteiger partial charge is 0.254 e. The van der Waals surface area contributed by atoms with Crippen LogP contribution in [0.3, 0.4) is 0 Å². The predicted octanol–water partition coefficient (Wildman–Crippen LogP) is 3.45. The Labute approximate surface area is 137 Å². The number of carbonyl (C=O) groups is 1. The van der Waals surface area contributed by atoms with E-state index in [4.69, 9.17) is 9.15 Å². The average molecular weight is 313 g/mol. The number of amides is 1. The number of fused-ring (bicyclic) bond motifs is 1. The molecule has 0 N–H and O–H groups in total. The van der Waals surface area contributed by atoms with Crippen molar-refractivity contribution < 1.29 is 13.9 Å². The van der Waals surface area contributed by atoms with Crippen LogP contribution >= 0.6 is 0 Å². The Kier molecular flexibility index (Phi) is 5.13. The Bertz CT molecular complexity index is 649. The summed E-state index contributed by atoms with van der Waals surface area (Å²) in [5.41, 5.74) is 3.47. The standard InChI is InChI=1S/C19H23NO3/c1-22-12-10-20(14-18-7-4-11-23-18)19(21)17-9-8-15-5-2-3-6-16(15)13-17/h4,7-9,11,13H,2-3,5-6,10,12,14H2,1H3. The van der Waals surface area contributed by atoms with Gasteiger partial charge in [-0.1, -0.05) is 6.07 Å². The number of benzene rings is 1. The number of nitrogens with zero attached hydrogens (tertiary/aromatic N) is 1. The number of methoxy groups -OCH3 is 1. The molecule has 4 nitrogen and oxygen atoms in total. The van der Waals surface area contributed by atoms with E-state index in [9.17, 15) is 4.79 Å². The minimum atomic E-state index is 0.0341. The van der Waals surface area contributed by atoms with Crippen LogP contribution in [-0.4, -0.2) is 31.1 Å². The molecule has 4 heteroatoms. The molecule has 1 aromatic heterocycles. The van der Waals surface area contributed by atoms with Crippen LogP contribution in [0.1, 0.15) is 40.1 Å². The molecule has 2 aromatic rings. The van der Waals surface area contributed by atoms with E-state index in [1.165, 1.54) is 24.0 Å². The highest BCUT2D eigenvalue weighted by Gasteiger charge is 2.19. The van der Waals surface area contributed by atoms with Gasteiger partial charge in [0.15, 0.2) is 0 Å². The first kappa shape index (κ1) is 15.8. The zero-order valence-electron chi connectivity index (χ0n) is 13.6. The second-order valence-electron chi connectivity index (χ2n) is 5.99. The first-order valence-electron chi connectivity index (χ1n) is 8.20. The molecule has 23 heavy (non-hydrogen) atoms. The number of rotatable bonds is 6. The van der Waals surface area contributed by atoms with E-state index in [2.05, 4.69) is 12.1 Å². The van der Waals surface area contributed by atoms with Gasteiger partial charge in [-0.15, -0.1) is 0 Å². The lowest BCUT2D eigenvalue weighted by molar-refractivity contribution is 0.0666. The molecule has 1 amide bonds. The lowest BCUT2D eigenvalue weighted by Crippen LogP contribution is -2.33. The van der Waals surface area contributed by atoms with Gasteiger partial charge in [0, 0.05) is 19.2 Å². The van der Waals surface area contributed by atoms with Crippen molar-refractivity contribution in [2.24, 2.45) is 0 Å². The molecule has 1 aromatic carbocycles. The van der Waals surface area contributed by atoms with Crippen LogP contribution in [0.25, 0.3) is 0 Å². The molecule has 0 unspecified atom stereocenters. The molecule has 0 saturated carbocycles. The van der Waals surface area contributed by atoms with Gasteiger partial charge < -0.3 is 14.1 Å². The van der Waals surface area contributed by atoms with Gasteiger partial charge in [-0.25, -0.2) is 0 Å². The van der Waals surface area contributed by atoms with Crippen molar-refractivity contribution in [1.82, 2.24) is 4.90 Å². The lowest BCUT2D eigenvalue weighted by atomic mass is 9.90. The van der Waals surface area contributed by atoms with Gasteiger partial charge in [0.2, 0.25) is 0 Å². The molecule has 1 heterocycles. The largest absolute Gasteiger partial charge is 0.467 e. The molecule has 3 rings (SSSR count). The molecule has 0 aliphatic heterocycles. The third-order valence-electron chi connectivity index (χ3n) is 4.37. The van der Waals surface area contributed by atoms with E-state index in [1.54, 1.807) is 18.3 Å². The third kappa shape index (κ3) is 3.82. The SMILES string of the molecule is COCCN(Cc1ccco1)C(=O)c1ccc2c(c1)CCCC2. The van der Waals surface area contributed by atoms with Crippen molar-refractivity contribution in [2.75, 3.05) is 20.3 Å². The Hall–Kier alpha value is -2.07. The number of hydrogen-bond acceptors (Lipinski definition) is 3. The molecule has 0 bridgehead atoms. The van der Waals surface area contributed by atoms with Gasteiger partial charge in [-0.05, 0) is 61.1 Å². The highest BCUT2D eigenvalue weighted by molar-refractivity contribution is 5.94. The average Bonchev–Trinajstić information content (AvgIpc) is 3.10. The van der Waals surface area contributed by atoms with Crippen molar-refractivity contribution in [2.45, 2.75) is 32.2 Å². The molecule has 0 saturated heterocycles. The van der Waals surface area contributed by atoms with Gasteiger partial charge in [0.25, 0.3) is 5.91 Å². The Morgan fingerprint density at radius 1 is 1.22 bits per heavy atom. The highest BCUT2D eigenvalue weighted by atomic mass is 16.5. The van der Waals surface area contributed by atoms with Crippen molar-refractivity contribution in [3.8, 4) is 0 Å². The summed E-state index contributed by atoms with van der Waals surface area (Å²) < 4.78 is 10.5. The second-order valence-corrected chi connectivity index (χ2v) is 5.99. The monoisotopic (exact) mass is 313 g/mol. The van der Waals surface area contributed by atoms with Crippen molar-refractivity contribution >= 4 is 5.91 Å². The van der Waals surface area contributed by atoms with E-state index in [1.807, 2.05) is 18.2 Å². The summed E-state index contributed by atoms with van der Waals surface area (Å²) in [7, 11) is 1.65. The quantitative estimate of drug-likeness (QED) is 0.820. The predicted molar refractivity (Wildman–Crippen MR) is 88.4 cm³/mol. The Morgan fingerprint density at radius 3 is 2.78 bits per heavy atom. The number of ether oxygens (including phenoxy) is 1. The molecule has 0 spiro atoms. The summed E-state index contributed by atoms with van der Waals surface area (Å²) in [6, 6.07) is 9.86. The molecule has 0 radical (unpaired) electrons. The number of hydrogen-bond donors (Lipinski definition) is 0. The van der Waals surface area contributed by atoms with Crippen LogP contribution in [0.4, 0.5) is 0 Å². The molecule has 0 atom stereocenters. The third-order valence-corrected chi connectivity index (χ3v) is 4.37. The van der Waals surface area contributed by atoms with E-state index >= 15 is 0 Å². The first-order valence-corrected chi connectivity index (χ1v) is 8.20. The van der Waals surface area contributed by atoms with Crippen LogP contribution in [-0.2, 0) is 24.1 Å². The Morgan fingerprint density at radius 2 is 2.04 bits per heavy atom. The van der Waals surface area contributed by atoms with E-state index in [-0.39, 0.29) is 5.91 Å². The van der Waals surface area contributed by atoms with E-state index in [0.29, 0.717) is 19.7 Å². The maximum absolute atomic E-state index is 12.9. The maximum atomic E-state index is 12.9. The zero-order chi connectivity index (χ0) is 16.1. The summed E-state index contributed by atoms with van der Waals surface area (Å²) in [6.45, 7) is 1.52. The van der Waals surface area contributed by atoms with Crippen molar-refractivity contribution in [3.05, 3.63) is 59.0 Å². The Balaban J connectivity index is 1.79. The van der Waals surface area contributed by atoms with Gasteiger partial charge in [0.1, 0.15) is 5.76 Å². The summed E-state index contributed by atoms with van der Waals surface area (Å²) in [6.07, 6.45) is 6.30.